The highest BCUT2D eigenvalue weighted by molar-refractivity contribution is 5.51. The highest BCUT2D eigenvalue weighted by atomic mass is 15.2. The maximum Gasteiger partial charge on any atom is 0.156 e. The molecule has 21 heavy (non-hydrogen) atoms. The van der Waals surface area contributed by atoms with Crippen LogP contribution in [0.4, 0.5) is 5.82 Å². The molecule has 0 aliphatic heterocycles. The Balaban J connectivity index is 2.34. The van der Waals surface area contributed by atoms with E-state index in [0.717, 1.165) is 42.0 Å². The van der Waals surface area contributed by atoms with Crippen LogP contribution in [-0.2, 0) is 25.9 Å². The van der Waals surface area contributed by atoms with Gasteiger partial charge in [0.2, 0.25) is 0 Å². The zero-order valence-corrected chi connectivity index (χ0v) is 13.0. The van der Waals surface area contributed by atoms with Crippen LogP contribution in [0.15, 0.2) is 24.5 Å². The van der Waals surface area contributed by atoms with E-state index in [1.54, 1.807) is 6.20 Å². The molecule has 2 aromatic rings. The Morgan fingerprint density at radius 2 is 1.95 bits per heavy atom. The smallest absolute Gasteiger partial charge is 0.156 e. The summed E-state index contributed by atoms with van der Waals surface area (Å²) in [5.41, 5.74) is 10.5. The Morgan fingerprint density at radius 1 is 1.14 bits per heavy atom. The molecule has 0 aromatic carbocycles. The lowest BCUT2D eigenvalue weighted by molar-refractivity contribution is 0.794. The first-order valence-corrected chi connectivity index (χ1v) is 7.38. The number of pyridine rings is 1. The van der Waals surface area contributed by atoms with Gasteiger partial charge < -0.3 is 10.6 Å². The summed E-state index contributed by atoms with van der Waals surface area (Å²) in [5.74, 6) is 0.871. The van der Waals surface area contributed by atoms with Crippen LogP contribution in [0.2, 0.25) is 0 Å². The standard InChI is InChI=1S/C16H23N5/c1-4-13-14(9-17)16(20-19-15(13)5-2)21(3)11-12-7-6-8-18-10-12/h6-8,10H,4-5,9,11,17H2,1-3H3. The first-order valence-electron chi connectivity index (χ1n) is 7.38. The normalized spacial score (nSPS) is 10.7. The second-order valence-electron chi connectivity index (χ2n) is 5.06. The van der Waals surface area contributed by atoms with Gasteiger partial charge in [-0.15, -0.1) is 5.10 Å². The monoisotopic (exact) mass is 285 g/mol. The third kappa shape index (κ3) is 3.36. The molecule has 0 aliphatic rings. The van der Waals surface area contributed by atoms with Gasteiger partial charge in [-0.3, -0.25) is 4.98 Å². The van der Waals surface area contributed by atoms with Crippen LogP contribution in [0, 0.1) is 0 Å². The van der Waals surface area contributed by atoms with Crippen molar-refractivity contribution in [1.82, 2.24) is 15.2 Å². The molecule has 0 radical (unpaired) electrons. The van der Waals surface area contributed by atoms with Crippen molar-refractivity contribution in [2.45, 2.75) is 39.8 Å². The molecule has 0 bridgehead atoms. The molecule has 0 amide bonds. The van der Waals surface area contributed by atoms with Crippen molar-refractivity contribution in [3.05, 3.63) is 46.9 Å². The van der Waals surface area contributed by atoms with Gasteiger partial charge in [0.05, 0.1) is 5.69 Å². The number of hydrogen-bond donors (Lipinski definition) is 1. The molecule has 0 saturated carbocycles. The van der Waals surface area contributed by atoms with Crippen molar-refractivity contribution < 1.29 is 0 Å². The fourth-order valence-corrected chi connectivity index (χ4v) is 2.60. The van der Waals surface area contributed by atoms with E-state index in [2.05, 4.69) is 40.0 Å². The first-order chi connectivity index (χ1) is 10.2. The molecule has 112 valence electrons. The number of rotatable bonds is 6. The zero-order chi connectivity index (χ0) is 15.2. The zero-order valence-electron chi connectivity index (χ0n) is 13.0. The molecule has 5 nitrogen and oxygen atoms in total. The summed E-state index contributed by atoms with van der Waals surface area (Å²) in [5, 5.41) is 8.78. The summed E-state index contributed by atoms with van der Waals surface area (Å²) in [4.78, 5) is 6.24. The van der Waals surface area contributed by atoms with Crippen LogP contribution >= 0.6 is 0 Å². The van der Waals surface area contributed by atoms with Gasteiger partial charge in [-0.05, 0) is 30.0 Å². The molecule has 0 aliphatic carbocycles. The Morgan fingerprint density at radius 3 is 2.52 bits per heavy atom. The summed E-state index contributed by atoms with van der Waals surface area (Å²) in [6.07, 6.45) is 5.46. The van der Waals surface area contributed by atoms with Gasteiger partial charge in [-0.2, -0.15) is 5.10 Å². The highest BCUT2D eigenvalue weighted by Crippen LogP contribution is 2.23. The van der Waals surface area contributed by atoms with Gasteiger partial charge in [-0.1, -0.05) is 19.9 Å². The number of aryl methyl sites for hydroxylation is 1. The van der Waals surface area contributed by atoms with E-state index < -0.39 is 0 Å². The predicted molar refractivity (Wildman–Crippen MR) is 85.0 cm³/mol. The molecule has 2 aromatic heterocycles. The predicted octanol–water partition coefficient (Wildman–Crippen LogP) is 2.09. The lowest BCUT2D eigenvalue weighted by Crippen LogP contribution is -2.23. The van der Waals surface area contributed by atoms with Crippen LogP contribution in [-0.4, -0.2) is 22.2 Å². The molecule has 0 fully saturated rings. The van der Waals surface area contributed by atoms with E-state index >= 15 is 0 Å². The molecule has 0 saturated heterocycles. The average Bonchev–Trinajstić information content (AvgIpc) is 2.53. The van der Waals surface area contributed by atoms with Crippen molar-refractivity contribution >= 4 is 5.82 Å². The Hall–Kier alpha value is -2.01. The van der Waals surface area contributed by atoms with E-state index in [-0.39, 0.29) is 0 Å². The maximum absolute atomic E-state index is 5.98. The number of hydrogen-bond acceptors (Lipinski definition) is 5. The van der Waals surface area contributed by atoms with Crippen molar-refractivity contribution in [1.29, 1.82) is 0 Å². The minimum atomic E-state index is 0.485. The molecule has 5 heteroatoms. The number of nitrogens with zero attached hydrogens (tertiary/aromatic N) is 4. The molecule has 0 atom stereocenters. The van der Waals surface area contributed by atoms with Crippen molar-refractivity contribution in [3.8, 4) is 0 Å². The second kappa shape index (κ2) is 7.13. The van der Waals surface area contributed by atoms with Gasteiger partial charge in [0.15, 0.2) is 5.82 Å². The van der Waals surface area contributed by atoms with Gasteiger partial charge in [-0.25, -0.2) is 0 Å². The van der Waals surface area contributed by atoms with Gasteiger partial charge in [0.1, 0.15) is 0 Å². The number of anilines is 1. The van der Waals surface area contributed by atoms with E-state index in [0.29, 0.717) is 6.54 Å². The minimum Gasteiger partial charge on any atom is -0.354 e. The Bertz CT molecular complexity index is 583. The minimum absolute atomic E-state index is 0.485. The molecule has 2 heterocycles. The van der Waals surface area contributed by atoms with E-state index in [1.165, 1.54) is 5.56 Å². The Kier molecular flexibility index (Phi) is 5.22. The van der Waals surface area contributed by atoms with Crippen LogP contribution in [0.3, 0.4) is 0 Å². The highest BCUT2D eigenvalue weighted by Gasteiger charge is 2.16. The average molecular weight is 285 g/mol. The fourth-order valence-electron chi connectivity index (χ4n) is 2.60. The Labute approximate surface area is 126 Å². The summed E-state index contributed by atoms with van der Waals surface area (Å²) >= 11 is 0. The molecule has 2 N–H and O–H groups in total. The number of nitrogens with two attached hydrogens (primary N) is 1. The third-order valence-electron chi connectivity index (χ3n) is 3.64. The lowest BCUT2D eigenvalue weighted by atomic mass is 10.0. The van der Waals surface area contributed by atoms with Crippen molar-refractivity contribution in [2.24, 2.45) is 5.73 Å². The molecular formula is C16H23N5. The van der Waals surface area contributed by atoms with Crippen LogP contribution < -0.4 is 10.6 Å². The van der Waals surface area contributed by atoms with Gasteiger partial charge in [0.25, 0.3) is 0 Å². The van der Waals surface area contributed by atoms with Gasteiger partial charge in [0, 0.05) is 38.1 Å². The van der Waals surface area contributed by atoms with Crippen LogP contribution in [0.1, 0.15) is 36.2 Å². The largest absolute Gasteiger partial charge is 0.354 e. The lowest BCUT2D eigenvalue weighted by Gasteiger charge is -2.22. The quantitative estimate of drug-likeness (QED) is 0.880. The molecule has 0 unspecified atom stereocenters. The number of aromatic nitrogens is 3. The molecular weight excluding hydrogens is 262 g/mol. The van der Waals surface area contributed by atoms with Crippen molar-refractivity contribution in [3.63, 3.8) is 0 Å². The van der Waals surface area contributed by atoms with Gasteiger partial charge >= 0.3 is 0 Å². The van der Waals surface area contributed by atoms with Crippen LogP contribution in [0.5, 0.6) is 0 Å². The van der Waals surface area contributed by atoms with Crippen molar-refractivity contribution in [2.75, 3.05) is 11.9 Å². The van der Waals surface area contributed by atoms with E-state index in [4.69, 9.17) is 5.73 Å². The summed E-state index contributed by atoms with van der Waals surface area (Å²) in [6.45, 7) is 5.46. The molecule has 2 rings (SSSR count). The second-order valence-corrected chi connectivity index (χ2v) is 5.06. The summed E-state index contributed by atoms with van der Waals surface area (Å²) in [6, 6.07) is 4.00. The first kappa shape index (κ1) is 15.4. The molecule has 0 spiro atoms. The van der Waals surface area contributed by atoms with E-state index in [9.17, 15) is 0 Å². The SMILES string of the molecule is CCc1nnc(N(C)Cc2cccnc2)c(CN)c1CC. The third-order valence-corrected chi connectivity index (χ3v) is 3.64. The fraction of sp³-hybridized carbons (Fsp3) is 0.438. The maximum atomic E-state index is 5.98. The van der Waals surface area contributed by atoms with E-state index in [1.807, 2.05) is 19.3 Å². The summed E-state index contributed by atoms with van der Waals surface area (Å²) < 4.78 is 0. The van der Waals surface area contributed by atoms with Crippen LogP contribution in [0.25, 0.3) is 0 Å². The summed E-state index contributed by atoms with van der Waals surface area (Å²) in [7, 11) is 2.02. The topological polar surface area (TPSA) is 67.9 Å².